The van der Waals surface area contributed by atoms with Crippen LogP contribution in [0.25, 0.3) is 12.2 Å². The average molecular weight is 325 g/mol. The first-order chi connectivity index (χ1) is 11.2. The number of benzene rings is 1. The normalized spacial score (nSPS) is 16.6. The van der Waals surface area contributed by atoms with Gasteiger partial charge in [-0.15, -0.1) is 11.3 Å². The van der Waals surface area contributed by atoms with Gasteiger partial charge in [0.1, 0.15) is 4.66 Å². The Morgan fingerprint density at radius 3 is 2.52 bits per heavy atom. The molecule has 2 heterocycles. The number of nitriles is 1. The molecule has 2 aromatic rings. The summed E-state index contributed by atoms with van der Waals surface area (Å²) in [7, 11) is 1.69. The monoisotopic (exact) mass is 325 g/mol. The highest BCUT2D eigenvalue weighted by atomic mass is 32.1. The molecule has 23 heavy (non-hydrogen) atoms. The van der Waals surface area contributed by atoms with Gasteiger partial charge in [-0.1, -0.05) is 12.1 Å². The average Bonchev–Trinajstić information content (AvgIpc) is 2.85. The van der Waals surface area contributed by atoms with E-state index in [0.717, 1.165) is 18.7 Å². The summed E-state index contributed by atoms with van der Waals surface area (Å²) >= 11 is 1.34. The quantitative estimate of drug-likeness (QED) is 0.842. The minimum absolute atomic E-state index is 0.0587. The maximum atomic E-state index is 12.2. The molecular formula is C18H19N3OS. The number of rotatable bonds is 2. The second kappa shape index (κ2) is 6.84. The molecule has 5 heteroatoms. The molecule has 118 valence electrons. The molecule has 1 aromatic heterocycles. The number of aromatic nitrogens is 1. The van der Waals surface area contributed by atoms with Crippen LogP contribution in [0.3, 0.4) is 0 Å². The summed E-state index contributed by atoms with van der Waals surface area (Å²) in [6, 6.07) is 10.3. The van der Waals surface area contributed by atoms with E-state index < -0.39 is 0 Å². The van der Waals surface area contributed by atoms with Crippen molar-refractivity contribution in [2.75, 3.05) is 18.0 Å². The Morgan fingerprint density at radius 2 is 1.87 bits per heavy atom. The molecule has 0 atom stereocenters. The Bertz CT molecular complexity index is 894. The first kappa shape index (κ1) is 15.6. The van der Waals surface area contributed by atoms with E-state index in [2.05, 4.69) is 29.2 Å². The van der Waals surface area contributed by atoms with Crippen LogP contribution in [0.5, 0.6) is 0 Å². The summed E-state index contributed by atoms with van der Waals surface area (Å²) in [6.07, 6.45) is 7.14. The van der Waals surface area contributed by atoms with Gasteiger partial charge in [0.25, 0.3) is 5.56 Å². The van der Waals surface area contributed by atoms with E-state index in [1.165, 1.54) is 46.9 Å². The van der Waals surface area contributed by atoms with Gasteiger partial charge in [0.15, 0.2) is 0 Å². The highest BCUT2D eigenvalue weighted by Gasteiger charge is 2.10. The highest BCUT2D eigenvalue weighted by Crippen LogP contribution is 2.20. The molecule has 0 saturated carbocycles. The number of nitrogens with zero attached hydrogens (tertiary/aromatic N) is 3. The lowest BCUT2D eigenvalue weighted by Gasteiger charge is -2.28. The fraction of sp³-hybridized carbons (Fsp3) is 0.333. The summed E-state index contributed by atoms with van der Waals surface area (Å²) in [4.78, 5) is 14.6. The predicted octanol–water partition coefficient (Wildman–Crippen LogP) is 1.57. The smallest absolute Gasteiger partial charge is 0.268 e. The Morgan fingerprint density at radius 1 is 1.17 bits per heavy atom. The van der Waals surface area contributed by atoms with Gasteiger partial charge >= 0.3 is 0 Å². The number of piperidine rings is 1. The third kappa shape index (κ3) is 3.38. The van der Waals surface area contributed by atoms with Gasteiger partial charge in [-0.05, 0) is 43.0 Å². The van der Waals surface area contributed by atoms with Crippen molar-refractivity contribution in [1.82, 2.24) is 4.57 Å². The molecule has 0 aliphatic carbocycles. The van der Waals surface area contributed by atoms with Crippen LogP contribution in [0.1, 0.15) is 24.8 Å². The van der Waals surface area contributed by atoms with E-state index in [1.54, 1.807) is 7.05 Å². The lowest BCUT2D eigenvalue weighted by atomic mass is 10.1. The standard InChI is InChI=1S/C18H19N3OS/c1-20-17(9-10-19)23-16(18(20)22)13-14-5-7-15(8-6-14)21-11-3-2-4-12-21/h5-9,13H,2-4,11-12H2,1H3/b16-13+,17-9-. The number of thiazole rings is 1. The van der Waals surface area contributed by atoms with Gasteiger partial charge < -0.3 is 9.47 Å². The van der Waals surface area contributed by atoms with Crippen molar-refractivity contribution < 1.29 is 0 Å². The topological polar surface area (TPSA) is 49.0 Å². The van der Waals surface area contributed by atoms with Gasteiger partial charge in [0, 0.05) is 31.9 Å². The first-order valence-electron chi connectivity index (χ1n) is 7.81. The van der Waals surface area contributed by atoms with Crippen molar-refractivity contribution in [3.8, 4) is 6.07 Å². The Hall–Kier alpha value is -2.32. The third-order valence-electron chi connectivity index (χ3n) is 4.16. The molecule has 1 fully saturated rings. The van der Waals surface area contributed by atoms with E-state index >= 15 is 0 Å². The second-order valence-electron chi connectivity index (χ2n) is 5.73. The fourth-order valence-electron chi connectivity index (χ4n) is 2.85. The lowest BCUT2D eigenvalue weighted by Crippen LogP contribution is -2.29. The van der Waals surface area contributed by atoms with Crippen LogP contribution in [-0.2, 0) is 7.05 Å². The molecule has 1 aromatic carbocycles. The molecular weight excluding hydrogens is 306 g/mol. The Kier molecular flexibility index (Phi) is 4.63. The third-order valence-corrected chi connectivity index (χ3v) is 5.27. The minimum atomic E-state index is -0.0587. The predicted molar refractivity (Wildman–Crippen MR) is 95.0 cm³/mol. The summed E-state index contributed by atoms with van der Waals surface area (Å²) < 4.78 is 2.84. The Labute approximate surface area is 139 Å². The van der Waals surface area contributed by atoms with E-state index in [0.29, 0.717) is 9.20 Å². The Balaban J connectivity index is 1.92. The van der Waals surface area contributed by atoms with Gasteiger partial charge in [0.2, 0.25) is 0 Å². The number of hydrogen-bond donors (Lipinski definition) is 0. The number of hydrogen-bond acceptors (Lipinski definition) is 4. The van der Waals surface area contributed by atoms with Crippen LogP contribution in [0.15, 0.2) is 29.1 Å². The van der Waals surface area contributed by atoms with Gasteiger partial charge in [0.05, 0.1) is 10.6 Å². The van der Waals surface area contributed by atoms with Gasteiger partial charge in [-0.25, -0.2) is 0 Å². The van der Waals surface area contributed by atoms with Crippen molar-refractivity contribution in [3.63, 3.8) is 0 Å². The fourth-order valence-corrected chi connectivity index (χ4v) is 3.82. The van der Waals surface area contributed by atoms with Crippen LogP contribution in [-0.4, -0.2) is 17.7 Å². The molecule has 1 saturated heterocycles. The molecule has 0 unspecified atom stereocenters. The molecule has 0 spiro atoms. The minimum Gasteiger partial charge on any atom is -0.372 e. The zero-order valence-electron chi connectivity index (χ0n) is 13.2. The first-order valence-corrected chi connectivity index (χ1v) is 8.63. The van der Waals surface area contributed by atoms with Crippen LogP contribution in [0, 0.1) is 11.3 Å². The second-order valence-corrected chi connectivity index (χ2v) is 6.79. The van der Waals surface area contributed by atoms with E-state index in [1.807, 2.05) is 12.1 Å². The molecule has 1 aliphatic heterocycles. The molecule has 0 N–H and O–H groups in total. The number of anilines is 1. The molecule has 3 rings (SSSR count). The lowest BCUT2D eigenvalue weighted by molar-refractivity contribution is 0.578. The maximum absolute atomic E-state index is 12.2. The molecule has 0 radical (unpaired) electrons. The van der Waals surface area contributed by atoms with Crippen LogP contribution in [0.4, 0.5) is 5.69 Å². The van der Waals surface area contributed by atoms with Crippen molar-refractivity contribution in [2.24, 2.45) is 7.05 Å². The zero-order chi connectivity index (χ0) is 16.2. The van der Waals surface area contributed by atoms with E-state index in [-0.39, 0.29) is 5.56 Å². The summed E-state index contributed by atoms with van der Waals surface area (Å²) in [6.45, 7) is 2.25. The SMILES string of the molecule is Cn1c(=O)/c(=C\c2ccc(N3CCCCC3)cc2)s/c1=C\C#N. The molecule has 4 nitrogen and oxygen atoms in total. The van der Waals surface area contributed by atoms with Crippen LogP contribution in [0.2, 0.25) is 0 Å². The maximum Gasteiger partial charge on any atom is 0.268 e. The zero-order valence-corrected chi connectivity index (χ0v) is 14.0. The molecule has 1 aliphatic rings. The van der Waals surface area contributed by atoms with Crippen molar-refractivity contribution in [1.29, 1.82) is 5.26 Å². The van der Waals surface area contributed by atoms with Crippen molar-refractivity contribution in [3.05, 3.63) is 49.4 Å². The van der Waals surface area contributed by atoms with Gasteiger partial charge in [-0.3, -0.25) is 4.79 Å². The summed E-state index contributed by atoms with van der Waals surface area (Å²) in [5.41, 5.74) is 2.20. The highest BCUT2D eigenvalue weighted by molar-refractivity contribution is 7.07. The largest absolute Gasteiger partial charge is 0.372 e. The van der Waals surface area contributed by atoms with Crippen molar-refractivity contribution >= 4 is 29.2 Å². The van der Waals surface area contributed by atoms with Crippen molar-refractivity contribution in [2.45, 2.75) is 19.3 Å². The van der Waals surface area contributed by atoms with E-state index in [9.17, 15) is 4.79 Å². The summed E-state index contributed by atoms with van der Waals surface area (Å²) in [5.74, 6) is 0. The van der Waals surface area contributed by atoms with Crippen LogP contribution >= 0.6 is 11.3 Å². The summed E-state index contributed by atoms with van der Waals surface area (Å²) in [5, 5.41) is 8.76. The van der Waals surface area contributed by atoms with Crippen LogP contribution < -0.4 is 19.7 Å². The van der Waals surface area contributed by atoms with E-state index in [4.69, 9.17) is 5.26 Å². The molecule has 0 amide bonds. The molecule has 0 bridgehead atoms. The van der Waals surface area contributed by atoms with Gasteiger partial charge in [-0.2, -0.15) is 5.26 Å².